The molecule has 0 amide bonds. The smallest absolute Gasteiger partial charge is 0.0932 e. The summed E-state index contributed by atoms with van der Waals surface area (Å²) in [5, 5.41) is 0. The molecular formula is C12H15N5S. The molecular weight excluding hydrogens is 246 g/mol. The summed E-state index contributed by atoms with van der Waals surface area (Å²) in [6.45, 7) is 0. The topological polar surface area (TPSA) is 76.7 Å². The molecule has 6 heteroatoms. The highest BCUT2D eigenvalue weighted by Crippen LogP contribution is 2.38. The number of aromatic nitrogens is 3. The summed E-state index contributed by atoms with van der Waals surface area (Å²) in [6, 6.07) is 4.15. The van der Waals surface area contributed by atoms with Crippen LogP contribution in [0.5, 0.6) is 0 Å². The highest BCUT2D eigenvalue weighted by molar-refractivity contribution is 6.99. The van der Waals surface area contributed by atoms with E-state index >= 15 is 0 Å². The molecule has 3 rings (SSSR count). The fourth-order valence-electron chi connectivity index (χ4n) is 2.69. The van der Waals surface area contributed by atoms with Gasteiger partial charge in [-0.25, -0.2) is 0 Å². The van der Waals surface area contributed by atoms with E-state index in [1.165, 1.54) is 23.7 Å². The molecule has 0 fully saturated rings. The molecule has 0 aliphatic heterocycles. The first kappa shape index (κ1) is 11.7. The zero-order chi connectivity index (χ0) is 12.4. The van der Waals surface area contributed by atoms with Gasteiger partial charge in [0, 0.05) is 17.8 Å². The standard InChI is InChI=1S/C12H15N5S/c13-16-12(10-7-15-18-17-10)9-5-1-3-8-4-2-6-14-11(8)9/h2,4,6-7,9,12,16H,1,3,5,13H2. The zero-order valence-electron chi connectivity index (χ0n) is 9.91. The van der Waals surface area contributed by atoms with E-state index in [1.807, 2.05) is 12.3 Å². The number of hydrazine groups is 1. The third-order valence-corrected chi connectivity index (χ3v) is 4.01. The number of fused-ring (bicyclic) bond motifs is 1. The summed E-state index contributed by atoms with van der Waals surface area (Å²) in [5.41, 5.74) is 6.27. The second kappa shape index (κ2) is 5.09. The molecule has 2 aromatic rings. The van der Waals surface area contributed by atoms with Crippen LogP contribution < -0.4 is 11.3 Å². The number of nitrogens with zero attached hydrogens (tertiary/aromatic N) is 3. The predicted octanol–water partition coefficient (Wildman–Crippen LogP) is 1.56. The van der Waals surface area contributed by atoms with Crippen LogP contribution in [-0.4, -0.2) is 13.7 Å². The van der Waals surface area contributed by atoms with E-state index in [4.69, 9.17) is 5.84 Å². The molecule has 0 spiro atoms. The molecule has 0 radical (unpaired) electrons. The molecule has 2 aromatic heterocycles. The molecule has 3 N–H and O–H groups in total. The summed E-state index contributed by atoms with van der Waals surface area (Å²) in [5.74, 6) is 5.99. The van der Waals surface area contributed by atoms with E-state index in [9.17, 15) is 0 Å². The van der Waals surface area contributed by atoms with Gasteiger partial charge < -0.3 is 0 Å². The van der Waals surface area contributed by atoms with Crippen LogP contribution in [0.3, 0.4) is 0 Å². The Balaban J connectivity index is 1.97. The minimum Gasteiger partial charge on any atom is -0.271 e. The number of pyridine rings is 1. The molecule has 18 heavy (non-hydrogen) atoms. The van der Waals surface area contributed by atoms with Gasteiger partial charge in [0.1, 0.15) is 0 Å². The van der Waals surface area contributed by atoms with Crippen molar-refractivity contribution in [3.8, 4) is 0 Å². The normalized spacial score (nSPS) is 20.4. The van der Waals surface area contributed by atoms with Crippen LogP contribution in [0, 0.1) is 0 Å². The lowest BCUT2D eigenvalue weighted by Gasteiger charge is -2.29. The van der Waals surface area contributed by atoms with Crippen molar-refractivity contribution in [1.82, 2.24) is 19.2 Å². The van der Waals surface area contributed by atoms with Crippen molar-refractivity contribution in [2.45, 2.75) is 31.2 Å². The second-order valence-corrected chi connectivity index (χ2v) is 5.08. The third kappa shape index (κ3) is 2.03. The van der Waals surface area contributed by atoms with Crippen molar-refractivity contribution < 1.29 is 0 Å². The maximum Gasteiger partial charge on any atom is 0.0932 e. The van der Waals surface area contributed by atoms with Crippen molar-refractivity contribution in [3.05, 3.63) is 41.5 Å². The van der Waals surface area contributed by atoms with Crippen molar-refractivity contribution in [2.24, 2.45) is 5.84 Å². The Kier molecular flexibility index (Phi) is 3.31. The number of aryl methyl sites for hydroxylation is 1. The van der Waals surface area contributed by atoms with Crippen LogP contribution in [0.25, 0.3) is 0 Å². The quantitative estimate of drug-likeness (QED) is 0.647. The van der Waals surface area contributed by atoms with E-state index in [-0.39, 0.29) is 12.0 Å². The van der Waals surface area contributed by atoms with E-state index < -0.39 is 0 Å². The molecule has 2 heterocycles. The van der Waals surface area contributed by atoms with Gasteiger partial charge in [-0.1, -0.05) is 6.07 Å². The van der Waals surface area contributed by atoms with E-state index in [0.29, 0.717) is 0 Å². The summed E-state index contributed by atoms with van der Waals surface area (Å²) in [6.07, 6.45) is 6.98. The number of nitrogens with one attached hydrogen (secondary N) is 1. The molecule has 1 aliphatic rings. The second-order valence-electron chi connectivity index (χ2n) is 4.52. The first-order valence-electron chi connectivity index (χ1n) is 6.07. The number of nitrogens with two attached hydrogens (primary N) is 1. The van der Waals surface area contributed by atoms with Crippen LogP contribution in [0.15, 0.2) is 24.5 Å². The van der Waals surface area contributed by atoms with Gasteiger partial charge in [0.05, 0.1) is 29.7 Å². The fourth-order valence-corrected chi connectivity index (χ4v) is 3.14. The summed E-state index contributed by atoms with van der Waals surface area (Å²) < 4.78 is 8.35. The van der Waals surface area contributed by atoms with Crippen molar-refractivity contribution in [3.63, 3.8) is 0 Å². The zero-order valence-corrected chi connectivity index (χ0v) is 10.7. The minimum atomic E-state index is -0.00213. The Morgan fingerprint density at radius 2 is 2.44 bits per heavy atom. The Morgan fingerprint density at radius 3 is 3.22 bits per heavy atom. The number of hydrogen-bond acceptors (Lipinski definition) is 6. The summed E-state index contributed by atoms with van der Waals surface area (Å²) >= 11 is 1.21. The van der Waals surface area contributed by atoms with Gasteiger partial charge in [0.2, 0.25) is 0 Å². The number of hydrogen-bond donors (Lipinski definition) is 2. The Hall–Kier alpha value is -1.37. The Labute approximate surface area is 110 Å². The lowest BCUT2D eigenvalue weighted by Crippen LogP contribution is -2.34. The van der Waals surface area contributed by atoms with E-state index in [1.54, 1.807) is 6.20 Å². The molecule has 2 atom stereocenters. The van der Waals surface area contributed by atoms with Crippen molar-refractivity contribution in [1.29, 1.82) is 0 Å². The monoisotopic (exact) mass is 261 g/mol. The first-order valence-corrected chi connectivity index (χ1v) is 6.80. The third-order valence-electron chi connectivity index (χ3n) is 3.52. The SMILES string of the molecule is NNC(c1cnsn1)C1CCCc2cccnc21. The van der Waals surface area contributed by atoms with Gasteiger partial charge >= 0.3 is 0 Å². The molecule has 2 unspecified atom stereocenters. The maximum absolute atomic E-state index is 5.71. The van der Waals surface area contributed by atoms with Gasteiger partial charge in [-0.05, 0) is 30.9 Å². The molecule has 5 nitrogen and oxygen atoms in total. The average Bonchev–Trinajstić information content (AvgIpc) is 2.94. The van der Waals surface area contributed by atoms with Crippen LogP contribution >= 0.6 is 11.7 Å². The van der Waals surface area contributed by atoms with Crippen LogP contribution in [0.4, 0.5) is 0 Å². The van der Waals surface area contributed by atoms with Crippen LogP contribution in [0.2, 0.25) is 0 Å². The molecule has 0 saturated heterocycles. The highest BCUT2D eigenvalue weighted by Gasteiger charge is 2.30. The largest absolute Gasteiger partial charge is 0.271 e. The highest BCUT2D eigenvalue weighted by atomic mass is 32.1. The predicted molar refractivity (Wildman–Crippen MR) is 69.9 cm³/mol. The summed E-state index contributed by atoms with van der Waals surface area (Å²) in [7, 11) is 0. The Morgan fingerprint density at radius 1 is 1.50 bits per heavy atom. The molecule has 94 valence electrons. The van der Waals surface area contributed by atoms with Crippen LogP contribution in [-0.2, 0) is 6.42 Å². The van der Waals surface area contributed by atoms with Gasteiger partial charge in [-0.3, -0.25) is 16.3 Å². The lowest BCUT2D eigenvalue weighted by molar-refractivity contribution is 0.394. The summed E-state index contributed by atoms with van der Waals surface area (Å²) in [4.78, 5) is 4.54. The van der Waals surface area contributed by atoms with Gasteiger partial charge in [0.15, 0.2) is 0 Å². The number of rotatable bonds is 3. The lowest BCUT2D eigenvalue weighted by atomic mass is 9.81. The van der Waals surface area contributed by atoms with E-state index in [0.717, 1.165) is 24.2 Å². The minimum absolute atomic E-state index is 0.00213. The Bertz CT molecular complexity index is 513. The van der Waals surface area contributed by atoms with Crippen LogP contribution in [0.1, 0.15) is 41.8 Å². The maximum atomic E-state index is 5.71. The molecule has 0 saturated carbocycles. The average molecular weight is 261 g/mol. The van der Waals surface area contributed by atoms with Crippen molar-refractivity contribution in [2.75, 3.05) is 0 Å². The van der Waals surface area contributed by atoms with Gasteiger partial charge in [-0.2, -0.15) is 8.75 Å². The first-order chi connectivity index (χ1) is 8.90. The van der Waals surface area contributed by atoms with Gasteiger partial charge in [0.25, 0.3) is 0 Å². The van der Waals surface area contributed by atoms with E-state index in [2.05, 4.69) is 25.2 Å². The molecule has 0 aromatic carbocycles. The van der Waals surface area contributed by atoms with Crippen molar-refractivity contribution >= 4 is 11.7 Å². The fraction of sp³-hybridized carbons (Fsp3) is 0.417. The van der Waals surface area contributed by atoms with Gasteiger partial charge in [-0.15, -0.1) is 0 Å². The molecule has 1 aliphatic carbocycles. The molecule has 0 bridgehead atoms.